The number of amides is 1. The molecule has 3 aromatic rings. The molecule has 4 nitrogen and oxygen atoms in total. The van der Waals surface area contributed by atoms with Crippen LogP contribution in [0.15, 0.2) is 63.8 Å². The Morgan fingerprint density at radius 2 is 1.67 bits per heavy atom. The van der Waals surface area contributed by atoms with Gasteiger partial charge in [-0.3, -0.25) is 9.59 Å². The number of halogens is 3. The number of carbonyl (C=O) groups excluding carboxylic acids is 1. The molecule has 7 heteroatoms. The molecule has 1 N–H and O–H groups in total. The number of nitrogens with one attached hydrogen (secondary N) is 1. The first-order valence-corrected chi connectivity index (χ1v) is 6.86. The summed E-state index contributed by atoms with van der Waals surface area (Å²) in [6.45, 7) is 0. The monoisotopic (exact) mass is 333 g/mol. The molecule has 122 valence electrons. The van der Waals surface area contributed by atoms with Gasteiger partial charge >= 0.3 is 12.1 Å². The van der Waals surface area contributed by atoms with Crippen molar-refractivity contribution in [2.24, 2.45) is 0 Å². The first kappa shape index (κ1) is 15.8. The summed E-state index contributed by atoms with van der Waals surface area (Å²) < 4.78 is 42.3. The Morgan fingerprint density at radius 3 is 2.33 bits per heavy atom. The highest BCUT2D eigenvalue weighted by Crippen LogP contribution is 2.24. The van der Waals surface area contributed by atoms with Gasteiger partial charge < -0.3 is 9.73 Å². The highest BCUT2D eigenvalue weighted by Gasteiger charge is 2.38. The second-order valence-corrected chi connectivity index (χ2v) is 5.00. The van der Waals surface area contributed by atoms with Crippen molar-refractivity contribution >= 4 is 22.6 Å². The number of alkyl halides is 3. The number of para-hydroxylation sites is 1. The van der Waals surface area contributed by atoms with Crippen LogP contribution in [0.25, 0.3) is 22.3 Å². The third-order valence-electron chi connectivity index (χ3n) is 3.32. The Bertz CT molecular complexity index is 959. The van der Waals surface area contributed by atoms with Crippen LogP contribution in [-0.4, -0.2) is 12.1 Å². The van der Waals surface area contributed by atoms with Gasteiger partial charge in [-0.15, -0.1) is 0 Å². The van der Waals surface area contributed by atoms with Crippen molar-refractivity contribution in [2.45, 2.75) is 6.18 Å². The molecule has 0 unspecified atom stereocenters. The molecule has 0 spiro atoms. The Kier molecular flexibility index (Phi) is 3.84. The fraction of sp³-hybridized carbons (Fsp3) is 0.0588. The maximum atomic E-state index is 12.2. The van der Waals surface area contributed by atoms with Gasteiger partial charge in [-0.2, -0.15) is 13.2 Å². The van der Waals surface area contributed by atoms with E-state index in [1.54, 1.807) is 29.6 Å². The maximum Gasteiger partial charge on any atom is 0.471 e. The summed E-state index contributed by atoms with van der Waals surface area (Å²) in [4.78, 5) is 22.9. The summed E-state index contributed by atoms with van der Waals surface area (Å²) in [7, 11) is 0. The van der Waals surface area contributed by atoms with Crippen molar-refractivity contribution in [1.82, 2.24) is 0 Å². The maximum absolute atomic E-state index is 12.2. The largest absolute Gasteiger partial charge is 0.471 e. The first-order chi connectivity index (χ1) is 11.3. The van der Waals surface area contributed by atoms with Crippen LogP contribution in [0.3, 0.4) is 0 Å². The summed E-state index contributed by atoms with van der Waals surface area (Å²) in [5.74, 6) is -1.76. The second-order valence-electron chi connectivity index (χ2n) is 5.00. The van der Waals surface area contributed by atoms with Gasteiger partial charge in [0.1, 0.15) is 11.3 Å². The standard InChI is InChI=1S/C17H10F3NO3/c18-17(19,20)16(23)21-11-7-5-10(6-8-11)15-9-13(22)12-3-1-2-4-14(12)24-15/h1-9H,(H,21,23). The van der Waals surface area contributed by atoms with Crippen LogP contribution in [0.5, 0.6) is 0 Å². The molecule has 0 saturated heterocycles. The summed E-state index contributed by atoms with van der Waals surface area (Å²) in [6.07, 6.45) is -4.95. The Morgan fingerprint density at radius 1 is 1.00 bits per heavy atom. The SMILES string of the molecule is O=C(Nc1ccc(-c2cc(=O)c3ccccc3o2)cc1)C(F)(F)F. The molecule has 0 saturated carbocycles. The van der Waals surface area contributed by atoms with Gasteiger partial charge in [0.15, 0.2) is 5.43 Å². The molecule has 1 heterocycles. The topological polar surface area (TPSA) is 59.3 Å². The molecule has 0 aliphatic heterocycles. The van der Waals surface area contributed by atoms with E-state index in [2.05, 4.69) is 0 Å². The fourth-order valence-corrected chi connectivity index (χ4v) is 2.17. The quantitative estimate of drug-likeness (QED) is 0.772. The Hall–Kier alpha value is -3.09. The molecule has 2 aromatic carbocycles. The third-order valence-corrected chi connectivity index (χ3v) is 3.32. The number of carbonyl (C=O) groups is 1. The molecular weight excluding hydrogens is 323 g/mol. The van der Waals surface area contributed by atoms with Gasteiger partial charge in [-0.1, -0.05) is 12.1 Å². The summed E-state index contributed by atoms with van der Waals surface area (Å²) >= 11 is 0. The lowest BCUT2D eigenvalue weighted by Gasteiger charge is -2.08. The van der Waals surface area contributed by atoms with E-state index in [0.29, 0.717) is 16.5 Å². The number of hydrogen-bond donors (Lipinski definition) is 1. The average molecular weight is 333 g/mol. The first-order valence-electron chi connectivity index (χ1n) is 6.86. The highest BCUT2D eigenvalue weighted by molar-refractivity contribution is 5.95. The van der Waals surface area contributed by atoms with Crippen LogP contribution in [0.1, 0.15) is 0 Å². The fourth-order valence-electron chi connectivity index (χ4n) is 2.17. The minimum absolute atomic E-state index is 0.00999. The van der Waals surface area contributed by atoms with E-state index >= 15 is 0 Å². The minimum atomic E-state index is -4.95. The van der Waals surface area contributed by atoms with Crippen molar-refractivity contribution in [2.75, 3.05) is 5.32 Å². The van der Waals surface area contributed by atoms with Crippen LogP contribution >= 0.6 is 0 Å². The molecule has 0 atom stereocenters. The summed E-state index contributed by atoms with van der Waals surface area (Å²) in [6, 6.07) is 13.6. The smallest absolute Gasteiger partial charge is 0.456 e. The predicted octanol–water partition coefficient (Wildman–Crippen LogP) is 3.96. The van der Waals surface area contributed by atoms with E-state index in [-0.39, 0.29) is 16.9 Å². The normalized spacial score (nSPS) is 11.5. The molecule has 3 rings (SSSR count). The van der Waals surface area contributed by atoms with Crippen LogP contribution < -0.4 is 10.7 Å². The molecule has 0 fully saturated rings. The van der Waals surface area contributed by atoms with Crippen molar-refractivity contribution < 1.29 is 22.4 Å². The zero-order valence-corrected chi connectivity index (χ0v) is 12.1. The summed E-state index contributed by atoms with van der Waals surface area (Å²) in [5.41, 5.74) is 0.683. The number of benzene rings is 2. The second kappa shape index (κ2) is 5.84. The van der Waals surface area contributed by atoms with Gasteiger partial charge in [0, 0.05) is 17.3 Å². The lowest BCUT2D eigenvalue weighted by Crippen LogP contribution is -2.29. The predicted molar refractivity (Wildman–Crippen MR) is 82.6 cm³/mol. The van der Waals surface area contributed by atoms with Gasteiger partial charge in [-0.05, 0) is 36.4 Å². The van der Waals surface area contributed by atoms with E-state index in [1.165, 1.54) is 30.3 Å². The Balaban J connectivity index is 1.91. The zero-order valence-electron chi connectivity index (χ0n) is 12.1. The van der Waals surface area contributed by atoms with E-state index in [0.717, 1.165) is 0 Å². The zero-order chi connectivity index (χ0) is 17.3. The lowest BCUT2D eigenvalue weighted by molar-refractivity contribution is -0.167. The third kappa shape index (κ3) is 3.15. The molecular formula is C17H10F3NO3. The number of rotatable bonds is 2. The van der Waals surface area contributed by atoms with Crippen LogP contribution in [0, 0.1) is 0 Å². The number of anilines is 1. The molecule has 1 aromatic heterocycles. The van der Waals surface area contributed by atoms with Gasteiger partial charge in [0.2, 0.25) is 0 Å². The van der Waals surface area contributed by atoms with Crippen molar-refractivity contribution in [1.29, 1.82) is 0 Å². The van der Waals surface area contributed by atoms with Gasteiger partial charge in [0.05, 0.1) is 5.39 Å². The van der Waals surface area contributed by atoms with Crippen molar-refractivity contribution in [3.63, 3.8) is 0 Å². The minimum Gasteiger partial charge on any atom is -0.456 e. The Labute approximate surface area is 133 Å². The molecule has 0 radical (unpaired) electrons. The lowest BCUT2D eigenvalue weighted by atomic mass is 10.1. The van der Waals surface area contributed by atoms with E-state index in [1.807, 2.05) is 0 Å². The molecule has 0 aliphatic carbocycles. The molecule has 24 heavy (non-hydrogen) atoms. The molecule has 0 aliphatic rings. The van der Waals surface area contributed by atoms with E-state index in [9.17, 15) is 22.8 Å². The average Bonchev–Trinajstić information content (AvgIpc) is 2.54. The van der Waals surface area contributed by atoms with E-state index in [4.69, 9.17) is 4.42 Å². The van der Waals surface area contributed by atoms with Crippen molar-refractivity contribution in [3.05, 3.63) is 64.8 Å². The molecule has 0 bridgehead atoms. The highest BCUT2D eigenvalue weighted by atomic mass is 19.4. The van der Waals surface area contributed by atoms with Crippen LogP contribution in [0.2, 0.25) is 0 Å². The number of fused-ring (bicyclic) bond motifs is 1. The van der Waals surface area contributed by atoms with E-state index < -0.39 is 12.1 Å². The van der Waals surface area contributed by atoms with Crippen molar-refractivity contribution in [3.8, 4) is 11.3 Å². The summed E-state index contributed by atoms with van der Waals surface area (Å²) in [5, 5.41) is 2.19. The molecule has 1 amide bonds. The van der Waals surface area contributed by atoms with Crippen LogP contribution in [-0.2, 0) is 4.79 Å². The van der Waals surface area contributed by atoms with Gasteiger partial charge in [-0.25, -0.2) is 0 Å². The number of hydrogen-bond acceptors (Lipinski definition) is 3. The van der Waals surface area contributed by atoms with Crippen LogP contribution in [0.4, 0.5) is 18.9 Å². The van der Waals surface area contributed by atoms with Gasteiger partial charge in [0.25, 0.3) is 0 Å².